The van der Waals surface area contributed by atoms with Gasteiger partial charge in [0.05, 0.1) is 19.3 Å². The Kier molecular flexibility index (Phi) is 5.77. The summed E-state index contributed by atoms with van der Waals surface area (Å²) < 4.78 is 11.2. The summed E-state index contributed by atoms with van der Waals surface area (Å²) in [5.74, 6) is 0.550. The highest BCUT2D eigenvalue weighted by atomic mass is 32.1. The second-order valence-electron chi connectivity index (χ2n) is 5.88. The Labute approximate surface area is 147 Å². The van der Waals surface area contributed by atoms with Crippen LogP contribution in [-0.2, 0) is 11.3 Å². The molecule has 5 heteroatoms. The summed E-state index contributed by atoms with van der Waals surface area (Å²) in [5, 5.41) is 0.152. The molecule has 1 heterocycles. The van der Waals surface area contributed by atoms with Gasteiger partial charge in [0.15, 0.2) is 0 Å². The molecule has 0 saturated carbocycles. The van der Waals surface area contributed by atoms with Crippen LogP contribution >= 0.6 is 12.6 Å². The number of carbonyl (C=O) groups excluding carboxylic acids is 1. The molecule has 0 aliphatic carbocycles. The number of ether oxygens (including phenoxy) is 2. The average Bonchev–Trinajstić information content (AvgIpc) is 2.98. The van der Waals surface area contributed by atoms with Crippen LogP contribution < -0.4 is 4.74 Å². The van der Waals surface area contributed by atoms with E-state index >= 15 is 0 Å². The molecule has 0 unspecified atom stereocenters. The smallest absolute Gasteiger partial charge is 0.410 e. The number of rotatable bonds is 5. The van der Waals surface area contributed by atoms with Gasteiger partial charge in [-0.05, 0) is 24.1 Å². The fourth-order valence-electron chi connectivity index (χ4n) is 2.81. The fraction of sp³-hybridized carbons (Fsp3) is 0.316. The van der Waals surface area contributed by atoms with Crippen molar-refractivity contribution < 1.29 is 14.3 Å². The Bertz CT molecular complexity index is 650. The minimum Gasteiger partial charge on any atom is -0.410 e. The van der Waals surface area contributed by atoms with E-state index in [0.29, 0.717) is 25.5 Å². The van der Waals surface area contributed by atoms with Crippen LogP contribution in [0.5, 0.6) is 5.75 Å². The third-order valence-electron chi connectivity index (χ3n) is 4.00. The van der Waals surface area contributed by atoms with Gasteiger partial charge in [-0.2, -0.15) is 12.6 Å². The summed E-state index contributed by atoms with van der Waals surface area (Å²) in [6.07, 6.45) is 0.466. The Balaban J connectivity index is 1.54. The van der Waals surface area contributed by atoms with Gasteiger partial charge in [0, 0.05) is 11.8 Å². The van der Waals surface area contributed by atoms with Crippen molar-refractivity contribution in [1.29, 1.82) is 0 Å². The molecule has 0 radical (unpaired) electrons. The van der Waals surface area contributed by atoms with E-state index in [1.807, 2.05) is 48.5 Å². The first-order valence-corrected chi connectivity index (χ1v) is 8.57. The molecule has 2 aromatic carbocycles. The number of thiol groups is 1. The lowest BCUT2D eigenvalue weighted by Crippen LogP contribution is -2.40. The van der Waals surface area contributed by atoms with Gasteiger partial charge >= 0.3 is 6.09 Å². The van der Waals surface area contributed by atoms with E-state index < -0.39 is 0 Å². The predicted molar refractivity (Wildman–Crippen MR) is 96.4 cm³/mol. The van der Waals surface area contributed by atoms with Crippen LogP contribution in [0.4, 0.5) is 4.79 Å². The lowest BCUT2D eigenvalue weighted by atomic mass is 10.2. The van der Waals surface area contributed by atoms with Crippen molar-refractivity contribution in [3.05, 3.63) is 66.2 Å². The number of carbonyl (C=O) groups is 1. The number of likely N-dealkylation sites (tertiary alicyclic amines) is 1. The summed E-state index contributed by atoms with van der Waals surface area (Å²) >= 11 is 4.52. The van der Waals surface area contributed by atoms with E-state index in [1.54, 1.807) is 17.0 Å². The topological polar surface area (TPSA) is 38.8 Å². The van der Waals surface area contributed by atoms with Crippen molar-refractivity contribution in [1.82, 2.24) is 4.90 Å². The highest BCUT2D eigenvalue weighted by Crippen LogP contribution is 2.24. The molecule has 0 bridgehead atoms. The second kappa shape index (κ2) is 8.22. The SMILES string of the molecule is O=C(Oc1ccccc1)N1C[C@H](S)C[C@H]1COCc1ccccc1. The van der Waals surface area contributed by atoms with E-state index in [1.165, 1.54) is 0 Å². The van der Waals surface area contributed by atoms with Crippen molar-refractivity contribution in [2.24, 2.45) is 0 Å². The van der Waals surface area contributed by atoms with E-state index in [9.17, 15) is 4.79 Å². The predicted octanol–water partition coefficient (Wildman–Crippen LogP) is 3.77. The molecule has 126 valence electrons. The third kappa shape index (κ3) is 4.52. The van der Waals surface area contributed by atoms with Gasteiger partial charge in [-0.15, -0.1) is 0 Å². The maximum Gasteiger partial charge on any atom is 0.415 e. The molecule has 0 spiro atoms. The van der Waals surface area contributed by atoms with Crippen LogP contribution in [0.25, 0.3) is 0 Å². The summed E-state index contributed by atoms with van der Waals surface area (Å²) in [5.41, 5.74) is 1.12. The number of benzene rings is 2. The highest BCUT2D eigenvalue weighted by molar-refractivity contribution is 7.81. The zero-order valence-electron chi connectivity index (χ0n) is 13.4. The average molecular weight is 343 g/mol. The Hall–Kier alpha value is -1.98. The normalized spacial score (nSPS) is 20.1. The number of hydrogen-bond acceptors (Lipinski definition) is 4. The second-order valence-corrected chi connectivity index (χ2v) is 6.61. The monoisotopic (exact) mass is 343 g/mol. The van der Waals surface area contributed by atoms with E-state index in [0.717, 1.165) is 12.0 Å². The lowest BCUT2D eigenvalue weighted by molar-refractivity contribution is 0.0664. The zero-order chi connectivity index (χ0) is 16.8. The Morgan fingerprint density at radius 3 is 2.46 bits per heavy atom. The number of amides is 1. The van der Waals surface area contributed by atoms with Crippen LogP contribution in [-0.4, -0.2) is 35.4 Å². The first kappa shape index (κ1) is 16.9. The van der Waals surface area contributed by atoms with Crippen LogP contribution in [0.2, 0.25) is 0 Å². The van der Waals surface area contributed by atoms with Gasteiger partial charge in [0.1, 0.15) is 5.75 Å². The molecule has 2 aromatic rings. The Morgan fingerprint density at radius 1 is 1.08 bits per heavy atom. The number of nitrogens with zero attached hydrogens (tertiary/aromatic N) is 1. The van der Waals surface area contributed by atoms with Crippen molar-refractivity contribution in [3.63, 3.8) is 0 Å². The minimum atomic E-state index is -0.342. The van der Waals surface area contributed by atoms with Crippen molar-refractivity contribution in [3.8, 4) is 5.75 Å². The molecule has 1 fully saturated rings. The van der Waals surface area contributed by atoms with Crippen molar-refractivity contribution in [2.75, 3.05) is 13.2 Å². The van der Waals surface area contributed by atoms with Gasteiger partial charge in [-0.3, -0.25) is 0 Å². The molecule has 3 rings (SSSR count). The first-order chi connectivity index (χ1) is 11.7. The van der Waals surface area contributed by atoms with Crippen LogP contribution in [0.1, 0.15) is 12.0 Å². The van der Waals surface area contributed by atoms with Crippen molar-refractivity contribution in [2.45, 2.75) is 24.3 Å². The summed E-state index contributed by atoms with van der Waals surface area (Å²) in [6.45, 7) is 1.60. The standard InChI is InChI=1S/C19H21NO3S/c21-19(23-17-9-5-2-6-10-17)20-12-18(24)11-16(20)14-22-13-15-7-3-1-4-8-15/h1-10,16,18,24H,11-14H2/t16-,18+/m0/s1. The molecule has 1 aliphatic heterocycles. The highest BCUT2D eigenvalue weighted by Gasteiger charge is 2.35. The molecule has 0 aromatic heterocycles. The number of para-hydroxylation sites is 1. The van der Waals surface area contributed by atoms with E-state index in [-0.39, 0.29) is 17.4 Å². The van der Waals surface area contributed by atoms with Crippen LogP contribution in [0.3, 0.4) is 0 Å². The van der Waals surface area contributed by atoms with Crippen LogP contribution in [0.15, 0.2) is 60.7 Å². The molecule has 24 heavy (non-hydrogen) atoms. The van der Waals surface area contributed by atoms with Gasteiger partial charge in [0.2, 0.25) is 0 Å². The van der Waals surface area contributed by atoms with Crippen LogP contribution in [0, 0.1) is 0 Å². The maximum absolute atomic E-state index is 12.4. The number of hydrogen-bond donors (Lipinski definition) is 1. The molecule has 1 saturated heterocycles. The first-order valence-electron chi connectivity index (χ1n) is 8.05. The van der Waals surface area contributed by atoms with Gasteiger partial charge < -0.3 is 14.4 Å². The molecular weight excluding hydrogens is 322 g/mol. The van der Waals surface area contributed by atoms with Gasteiger partial charge in [-0.1, -0.05) is 48.5 Å². The molecule has 1 amide bonds. The van der Waals surface area contributed by atoms with Gasteiger partial charge in [0.25, 0.3) is 0 Å². The summed E-state index contributed by atoms with van der Waals surface area (Å²) in [7, 11) is 0. The maximum atomic E-state index is 12.4. The van der Waals surface area contributed by atoms with E-state index in [2.05, 4.69) is 12.6 Å². The summed E-state index contributed by atoms with van der Waals surface area (Å²) in [4.78, 5) is 14.1. The quantitative estimate of drug-likeness (QED) is 0.840. The van der Waals surface area contributed by atoms with Crippen molar-refractivity contribution >= 4 is 18.7 Å². The lowest BCUT2D eigenvalue weighted by Gasteiger charge is -2.23. The molecule has 0 N–H and O–H groups in total. The third-order valence-corrected chi connectivity index (χ3v) is 4.37. The largest absolute Gasteiger partial charge is 0.415 e. The zero-order valence-corrected chi connectivity index (χ0v) is 14.3. The molecular formula is C19H21NO3S. The van der Waals surface area contributed by atoms with E-state index in [4.69, 9.17) is 9.47 Å². The molecule has 2 atom stereocenters. The molecule has 1 aliphatic rings. The molecule has 4 nitrogen and oxygen atoms in total. The Morgan fingerprint density at radius 2 is 1.75 bits per heavy atom. The summed E-state index contributed by atoms with van der Waals surface area (Å²) in [6, 6.07) is 19.1. The fourth-order valence-corrected chi connectivity index (χ4v) is 3.23. The minimum absolute atomic E-state index is 0.00701. The van der Waals surface area contributed by atoms with Gasteiger partial charge in [-0.25, -0.2) is 4.79 Å².